The van der Waals surface area contributed by atoms with E-state index in [1.165, 1.54) is 7.11 Å². The monoisotopic (exact) mass is 320 g/mol. The van der Waals surface area contributed by atoms with E-state index in [0.717, 1.165) is 11.1 Å². The van der Waals surface area contributed by atoms with Gasteiger partial charge in [0, 0.05) is 6.42 Å². The predicted molar refractivity (Wildman–Crippen MR) is 84.4 cm³/mol. The molecule has 5 heteroatoms. The van der Waals surface area contributed by atoms with Crippen LogP contribution in [0.2, 0.25) is 5.02 Å². The van der Waals surface area contributed by atoms with E-state index < -0.39 is 12.1 Å². The van der Waals surface area contributed by atoms with Crippen LogP contribution in [0.3, 0.4) is 0 Å². The van der Waals surface area contributed by atoms with E-state index in [1.807, 2.05) is 30.3 Å². The van der Waals surface area contributed by atoms with Crippen LogP contribution in [0.4, 0.5) is 0 Å². The summed E-state index contributed by atoms with van der Waals surface area (Å²) in [6.07, 6.45) is -0.684. The first-order valence-corrected chi connectivity index (χ1v) is 7.18. The Morgan fingerprint density at radius 1 is 1.18 bits per heavy atom. The van der Waals surface area contributed by atoms with E-state index in [4.69, 9.17) is 21.1 Å². The van der Waals surface area contributed by atoms with Crippen LogP contribution >= 0.6 is 11.6 Å². The minimum Gasteiger partial charge on any atom is -0.495 e. The maximum atomic E-state index is 11.4. The molecule has 22 heavy (non-hydrogen) atoms. The van der Waals surface area contributed by atoms with Crippen LogP contribution < -0.4 is 4.74 Å². The van der Waals surface area contributed by atoms with Crippen LogP contribution in [0.15, 0.2) is 48.5 Å². The van der Waals surface area contributed by atoms with Crippen LogP contribution in [0.5, 0.6) is 5.75 Å². The fraction of sp³-hybridized carbons (Fsp3) is 0.235. The summed E-state index contributed by atoms with van der Waals surface area (Å²) in [7, 11) is 1.53. The van der Waals surface area contributed by atoms with Gasteiger partial charge in [-0.2, -0.15) is 0 Å². The highest BCUT2D eigenvalue weighted by Crippen LogP contribution is 2.25. The molecule has 4 nitrogen and oxygen atoms in total. The summed E-state index contributed by atoms with van der Waals surface area (Å²) < 4.78 is 10.6. The SMILES string of the molecule is COc1ccc(CC(OCc2ccccc2)C(=O)O)cc1Cl. The van der Waals surface area contributed by atoms with Gasteiger partial charge in [0.05, 0.1) is 18.7 Å². The molecule has 0 spiro atoms. The lowest BCUT2D eigenvalue weighted by molar-refractivity contribution is -0.151. The summed E-state index contributed by atoms with van der Waals surface area (Å²) in [5.74, 6) is -0.439. The molecule has 0 heterocycles. The number of carboxylic acid groups (broad SMARTS) is 1. The van der Waals surface area contributed by atoms with Crippen LogP contribution in [0.1, 0.15) is 11.1 Å². The zero-order valence-corrected chi connectivity index (χ0v) is 12.9. The molecule has 0 aliphatic rings. The van der Waals surface area contributed by atoms with E-state index in [9.17, 15) is 9.90 Å². The molecule has 116 valence electrons. The van der Waals surface area contributed by atoms with E-state index >= 15 is 0 Å². The Kier molecular flexibility index (Phi) is 5.81. The number of benzene rings is 2. The maximum absolute atomic E-state index is 11.4. The standard InChI is InChI=1S/C17H17ClO4/c1-21-15-8-7-13(9-14(15)18)10-16(17(19)20)22-11-12-5-3-2-4-6-12/h2-9,16H,10-11H2,1H3,(H,19,20). The number of ether oxygens (including phenoxy) is 2. The summed E-state index contributed by atoms with van der Waals surface area (Å²) in [4.78, 5) is 11.4. The molecule has 0 aromatic heterocycles. The molecule has 0 bridgehead atoms. The van der Waals surface area contributed by atoms with Crippen molar-refractivity contribution in [2.75, 3.05) is 7.11 Å². The van der Waals surface area contributed by atoms with Gasteiger partial charge in [0.15, 0.2) is 6.10 Å². The number of hydrogen-bond acceptors (Lipinski definition) is 3. The van der Waals surface area contributed by atoms with Crippen molar-refractivity contribution in [3.8, 4) is 5.75 Å². The Labute approximate surface area is 134 Å². The normalized spacial score (nSPS) is 11.9. The van der Waals surface area contributed by atoms with Crippen molar-refractivity contribution in [3.63, 3.8) is 0 Å². The fourth-order valence-corrected chi connectivity index (χ4v) is 2.32. The Morgan fingerprint density at radius 3 is 2.50 bits per heavy atom. The van der Waals surface area contributed by atoms with Gasteiger partial charge < -0.3 is 14.6 Å². The lowest BCUT2D eigenvalue weighted by Gasteiger charge is -2.14. The first-order chi connectivity index (χ1) is 10.6. The van der Waals surface area contributed by atoms with Crippen LogP contribution in [-0.2, 0) is 22.6 Å². The molecular weight excluding hydrogens is 304 g/mol. The van der Waals surface area contributed by atoms with Gasteiger partial charge in [-0.3, -0.25) is 0 Å². The van der Waals surface area contributed by atoms with E-state index in [-0.39, 0.29) is 13.0 Å². The Bertz CT molecular complexity index is 628. The lowest BCUT2D eigenvalue weighted by Crippen LogP contribution is -2.26. The highest BCUT2D eigenvalue weighted by atomic mass is 35.5. The fourth-order valence-electron chi connectivity index (χ4n) is 2.04. The van der Waals surface area contributed by atoms with E-state index in [2.05, 4.69) is 0 Å². The van der Waals surface area contributed by atoms with Crippen molar-refractivity contribution >= 4 is 17.6 Å². The minimum atomic E-state index is -0.997. The smallest absolute Gasteiger partial charge is 0.333 e. The van der Waals surface area contributed by atoms with Crippen molar-refractivity contribution in [2.24, 2.45) is 0 Å². The Balaban J connectivity index is 2.02. The average Bonchev–Trinajstić information content (AvgIpc) is 2.52. The molecule has 0 aliphatic heterocycles. The predicted octanol–water partition coefficient (Wildman–Crippen LogP) is 3.56. The minimum absolute atomic E-state index is 0.242. The van der Waals surface area contributed by atoms with Crippen molar-refractivity contribution in [1.29, 1.82) is 0 Å². The number of hydrogen-bond donors (Lipinski definition) is 1. The van der Waals surface area contributed by atoms with Gasteiger partial charge >= 0.3 is 5.97 Å². The average molecular weight is 321 g/mol. The van der Waals surface area contributed by atoms with Gasteiger partial charge in [-0.1, -0.05) is 48.0 Å². The van der Waals surface area contributed by atoms with Crippen molar-refractivity contribution in [2.45, 2.75) is 19.1 Å². The van der Waals surface area contributed by atoms with Crippen LogP contribution in [0, 0.1) is 0 Å². The number of rotatable bonds is 7. The van der Waals surface area contributed by atoms with Gasteiger partial charge in [0.25, 0.3) is 0 Å². The van der Waals surface area contributed by atoms with Crippen molar-refractivity contribution in [3.05, 3.63) is 64.7 Å². The Morgan fingerprint density at radius 2 is 1.91 bits per heavy atom. The second-order valence-electron chi connectivity index (χ2n) is 4.80. The molecule has 0 radical (unpaired) electrons. The molecule has 0 amide bonds. The zero-order chi connectivity index (χ0) is 15.9. The highest BCUT2D eigenvalue weighted by Gasteiger charge is 2.19. The largest absolute Gasteiger partial charge is 0.495 e. The second-order valence-corrected chi connectivity index (χ2v) is 5.20. The summed E-state index contributed by atoms with van der Waals surface area (Å²) >= 11 is 6.05. The third-order valence-corrected chi connectivity index (χ3v) is 3.50. The zero-order valence-electron chi connectivity index (χ0n) is 12.2. The summed E-state index contributed by atoms with van der Waals surface area (Å²) in [5, 5.41) is 9.75. The summed E-state index contributed by atoms with van der Waals surface area (Å²) in [5.41, 5.74) is 1.72. The molecule has 1 unspecified atom stereocenters. The van der Waals surface area contributed by atoms with Crippen molar-refractivity contribution in [1.82, 2.24) is 0 Å². The molecule has 2 aromatic carbocycles. The lowest BCUT2D eigenvalue weighted by atomic mass is 10.1. The van der Waals surface area contributed by atoms with Gasteiger partial charge in [-0.05, 0) is 23.3 Å². The number of carbonyl (C=O) groups is 1. The molecule has 1 N–H and O–H groups in total. The van der Waals surface area contributed by atoms with Crippen LogP contribution in [0.25, 0.3) is 0 Å². The van der Waals surface area contributed by atoms with E-state index in [1.54, 1.807) is 18.2 Å². The molecule has 0 aliphatic carbocycles. The number of aliphatic carboxylic acids is 1. The van der Waals surface area contributed by atoms with E-state index in [0.29, 0.717) is 10.8 Å². The third-order valence-electron chi connectivity index (χ3n) is 3.21. The topological polar surface area (TPSA) is 55.8 Å². The van der Waals surface area contributed by atoms with Crippen LogP contribution in [-0.4, -0.2) is 24.3 Å². The van der Waals surface area contributed by atoms with Gasteiger partial charge in [-0.15, -0.1) is 0 Å². The first-order valence-electron chi connectivity index (χ1n) is 6.81. The Hall–Kier alpha value is -2.04. The molecule has 2 rings (SSSR count). The number of carboxylic acids is 1. The maximum Gasteiger partial charge on any atom is 0.333 e. The number of halogens is 1. The molecular formula is C17H17ClO4. The number of methoxy groups -OCH3 is 1. The molecule has 0 saturated heterocycles. The molecule has 0 fully saturated rings. The van der Waals surface area contributed by atoms with Gasteiger partial charge in [0.1, 0.15) is 5.75 Å². The van der Waals surface area contributed by atoms with Crippen molar-refractivity contribution < 1.29 is 19.4 Å². The highest BCUT2D eigenvalue weighted by molar-refractivity contribution is 6.32. The van der Waals surface area contributed by atoms with Gasteiger partial charge in [-0.25, -0.2) is 4.79 Å². The molecule has 2 aromatic rings. The summed E-state index contributed by atoms with van der Waals surface area (Å²) in [6, 6.07) is 14.7. The quantitative estimate of drug-likeness (QED) is 0.847. The summed E-state index contributed by atoms with van der Waals surface area (Å²) in [6.45, 7) is 0.252. The van der Waals surface area contributed by atoms with Gasteiger partial charge in [0.2, 0.25) is 0 Å². The second kappa shape index (κ2) is 7.82. The molecule has 0 saturated carbocycles. The first kappa shape index (κ1) is 16.3. The third kappa shape index (κ3) is 4.48. The molecule has 1 atom stereocenters.